The number of fused-ring (bicyclic) bond motifs is 2. The maximum Gasteiger partial charge on any atom is 0.573 e. The molecule has 2 aliphatic heterocycles. The second kappa shape index (κ2) is 10.7. The molecule has 15 heteroatoms. The first-order valence-corrected chi connectivity index (χ1v) is 14.1. The van der Waals surface area contributed by atoms with Gasteiger partial charge in [-0.3, -0.25) is 0 Å². The van der Waals surface area contributed by atoms with Crippen molar-refractivity contribution in [2.45, 2.75) is 56.1 Å². The predicted octanol–water partition coefficient (Wildman–Crippen LogP) is 5.70. The van der Waals surface area contributed by atoms with Crippen LogP contribution >= 0.6 is 11.3 Å². The number of thiazole rings is 1. The minimum absolute atomic E-state index is 0.00668. The Hall–Kier alpha value is -3.79. The first-order valence-electron chi connectivity index (χ1n) is 13.3. The Morgan fingerprint density at radius 2 is 1.84 bits per heavy atom. The number of alkyl halides is 3. The summed E-state index contributed by atoms with van der Waals surface area (Å²) in [5.41, 5.74) is 0.683. The Balaban J connectivity index is 1.06. The van der Waals surface area contributed by atoms with Crippen LogP contribution in [0.15, 0.2) is 40.9 Å². The average molecular weight is 623 g/mol. The Labute approximate surface area is 244 Å². The van der Waals surface area contributed by atoms with Crippen molar-refractivity contribution >= 4 is 27.5 Å². The van der Waals surface area contributed by atoms with Crippen LogP contribution in [0.3, 0.4) is 0 Å². The summed E-state index contributed by atoms with van der Waals surface area (Å²) in [4.78, 5) is 15.4. The zero-order valence-corrected chi connectivity index (χ0v) is 22.8. The number of ether oxygens (including phenoxy) is 5. The Kier molecular flexibility index (Phi) is 6.99. The number of hydrogen-bond acceptors (Lipinski definition) is 10. The molecule has 4 atom stereocenters. The van der Waals surface area contributed by atoms with E-state index in [9.17, 15) is 27.5 Å². The van der Waals surface area contributed by atoms with Gasteiger partial charge in [0.25, 0.3) is 5.19 Å². The van der Waals surface area contributed by atoms with Crippen molar-refractivity contribution in [1.82, 2.24) is 10.1 Å². The summed E-state index contributed by atoms with van der Waals surface area (Å²) in [5, 5.41) is 13.4. The highest BCUT2D eigenvalue weighted by molar-refractivity contribution is 7.20. The molecule has 3 fully saturated rings. The third-order valence-corrected chi connectivity index (χ3v) is 8.36. The molecule has 7 rings (SSSR count). The molecule has 4 aromatic rings. The van der Waals surface area contributed by atoms with Crippen LogP contribution in [0.4, 0.5) is 17.6 Å². The van der Waals surface area contributed by atoms with Crippen molar-refractivity contribution < 1.29 is 55.7 Å². The maximum absolute atomic E-state index is 14.4. The van der Waals surface area contributed by atoms with Crippen LogP contribution in [0.1, 0.15) is 40.4 Å². The highest BCUT2D eigenvalue weighted by Gasteiger charge is 2.50. The highest BCUT2D eigenvalue weighted by atomic mass is 32.1. The van der Waals surface area contributed by atoms with Crippen LogP contribution in [-0.2, 0) is 20.8 Å². The van der Waals surface area contributed by atoms with E-state index in [0.29, 0.717) is 16.0 Å². The third kappa shape index (κ3) is 5.53. The van der Waals surface area contributed by atoms with Crippen molar-refractivity contribution in [2.75, 3.05) is 13.2 Å². The summed E-state index contributed by atoms with van der Waals surface area (Å²) < 4.78 is 87.8. The van der Waals surface area contributed by atoms with Crippen molar-refractivity contribution in [1.29, 1.82) is 0 Å². The molecule has 2 aromatic carbocycles. The normalized spacial score (nSPS) is 23.5. The van der Waals surface area contributed by atoms with Gasteiger partial charge < -0.3 is 33.3 Å². The molecule has 2 aromatic heterocycles. The number of carbonyl (C=O) groups is 1. The van der Waals surface area contributed by atoms with Crippen molar-refractivity contribution in [2.24, 2.45) is 0 Å². The molecule has 10 nitrogen and oxygen atoms in total. The van der Waals surface area contributed by atoms with Gasteiger partial charge in [0.05, 0.1) is 30.1 Å². The molecule has 0 unspecified atom stereocenters. The SMILES string of the molecule is O=C(O)c1cc(F)c2nc(O[C@@H]3CO[C@H]4[C@@H]3OC[C@H]4OCc3c(-c4ccccc4OC(F)(F)F)noc3C3CC3)sc2c1. The van der Waals surface area contributed by atoms with Crippen molar-refractivity contribution in [3.63, 3.8) is 0 Å². The molecule has 1 aliphatic carbocycles. The molecule has 1 saturated carbocycles. The van der Waals surface area contributed by atoms with Crippen molar-refractivity contribution in [3.8, 4) is 22.2 Å². The zero-order valence-electron chi connectivity index (χ0n) is 22.0. The molecular formula is C28H22F4N2O8S. The summed E-state index contributed by atoms with van der Waals surface area (Å²) in [6.07, 6.45) is -5.29. The highest BCUT2D eigenvalue weighted by Crippen LogP contribution is 2.46. The largest absolute Gasteiger partial charge is 0.573 e. The van der Waals surface area contributed by atoms with Gasteiger partial charge in [-0.25, -0.2) is 9.18 Å². The van der Waals surface area contributed by atoms with E-state index in [4.69, 9.17) is 23.5 Å². The lowest BCUT2D eigenvalue weighted by Crippen LogP contribution is -2.35. The van der Waals surface area contributed by atoms with Gasteiger partial charge in [-0.2, -0.15) is 4.98 Å². The van der Waals surface area contributed by atoms with Gasteiger partial charge in [0, 0.05) is 17.0 Å². The van der Waals surface area contributed by atoms with E-state index in [0.717, 1.165) is 30.2 Å². The van der Waals surface area contributed by atoms with Crippen LogP contribution in [0.2, 0.25) is 0 Å². The van der Waals surface area contributed by atoms with E-state index in [2.05, 4.69) is 14.9 Å². The number of aromatic carboxylic acids is 1. The zero-order chi connectivity index (χ0) is 29.9. The second-order valence-electron chi connectivity index (χ2n) is 10.4. The van der Waals surface area contributed by atoms with E-state index >= 15 is 0 Å². The molecule has 226 valence electrons. The van der Waals surface area contributed by atoms with E-state index in [1.165, 1.54) is 24.3 Å². The van der Waals surface area contributed by atoms with Gasteiger partial charge in [-0.1, -0.05) is 28.6 Å². The number of rotatable bonds is 9. The van der Waals surface area contributed by atoms with Crippen LogP contribution in [0, 0.1) is 5.82 Å². The maximum atomic E-state index is 14.4. The Morgan fingerprint density at radius 1 is 1.09 bits per heavy atom. The minimum Gasteiger partial charge on any atom is -0.478 e. The van der Waals surface area contributed by atoms with Crippen LogP contribution in [0.5, 0.6) is 10.9 Å². The number of benzene rings is 2. The fourth-order valence-corrected chi connectivity index (χ4v) is 6.27. The monoisotopic (exact) mass is 622 g/mol. The lowest BCUT2D eigenvalue weighted by atomic mass is 10.0. The molecule has 1 N–H and O–H groups in total. The van der Waals surface area contributed by atoms with Gasteiger partial charge >= 0.3 is 12.3 Å². The number of hydrogen-bond donors (Lipinski definition) is 1. The number of para-hydroxylation sites is 1. The van der Waals surface area contributed by atoms with Gasteiger partial charge in [-0.05, 0) is 37.1 Å². The molecule has 0 amide bonds. The number of carboxylic acids is 1. The van der Waals surface area contributed by atoms with Crippen molar-refractivity contribution in [3.05, 3.63) is 59.1 Å². The Bertz CT molecular complexity index is 1690. The van der Waals surface area contributed by atoms with E-state index in [1.54, 1.807) is 6.07 Å². The first kappa shape index (κ1) is 28.0. The molecule has 0 bridgehead atoms. The van der Waals surface area contributed by atoms with Gasteiger partial charge in [0.2, 0.25) is 0 Å². The molecule has 0 spiro atoms. The minimum atomic E-state index is -4.88. The summed E-state index contributed by atoms with van der Waals surface area (Å²) in [7, 11) is 0. The molecular weight excluding hydrogens is 600 g/mol. The molecule has 43 heavy (non-hydrogen) atoms. The summed E-state index contributed by atoms with van der Waals surface area (Å²) >= 11 is 1.01. The summed E-state index contributed by atoms with van der Waals surface area (Å²) in [6, 6.07) is 7.95. The van der Waals surface area contributed by atoms with E-state index in [1.807, 2.05) is 0 Å². The standard InChI is InChI=1S/C28H22F4N2O8S/c29-16-7-13(26(35)36)8-20-22(16)33-27(43-20)40-19-11-39-24-18(10-38-25(19)24)37-9-15-21(34-42-23(15)12-5-6-12)14-3-1-2-4-17(14)41-28(30,31)32/h1-4,7-8,12,18-19,24-25H,5-6,9-11H2,(H,35,36)/t18-,19-,24-,25-/m1/s1. The van der Waals surface area contributed by atoms with E-state index < -0.39 is 48.3 Å². The predicted molar refractivity (Wildman–Crippen MR) is 140 cm³/mol. The number of halogens is 4. The van der Waals surface area contributed by atoms with E-state index in [-0.39, 0.29) is 53.3 Å². The summed E-state index contributed by atoms with van der Waals surface area (Å²) in [6.45, 7) is 0.293. The lowest BCUT2D eigenvalue weighted by molar-refractivity contribution is -0.274. The van der Waals surface area contributed by atoms with Gasteiger partial charge in [-0.15, -0.1) is 13.2 Å². The van der Waals surface area contributed by atoms with Gasteiger partial charge in [0.1, 0.15) is 41.0 Å². The van der Waals surface area contributed by atoms with Crippen LogP contribution < -0.4 is 9.47 Å². The van der Waals surface area contributed by atoms with Crippen LogP contribution in [0.25, 0.3) is 21.5 Å². The summed E-state index contributed by atoms with van der Waals surface area (Å²) in [5.74, 6) is -1.75. The molecule has 3 aliphatic rings. The van der Waals surface area contributed by atoms with Crippen LogP contribution in [-0.4, -0.2) is 65.2 Å². The second-order valence-corrected chi connectivity index (χ2v) is 11.4. The van der Waals surface area contributed by atoms with Gasteiger partial charge in [0.15, 0.2) is 11.9 Å². The number of nitrogens with zero attached hydrogens (tertiary/aromatic N) is 2. The fourth-order valence-electron chi connectivity index (χ4n) is 5.35. The molecule has 0 radical (unpaired) electrons. The Morgan fingerprint density at radius 3 is 2.58 bits per heavy atom. The molecule has 2 saturated heterocycles. The lowest BCUT2D eigenvalue weighted by Gasteiger charge is -2.17. The topological polar surface area (TPSA) is 122 Å². The fraction of sp³-hybridized carbons (Fsp3) is 0.393. The number of aromatic nitrogens is 2. The smallest absolute Gasteiger partial charge is 0.478 e. The third-order valence-electron chi connectivity index (χ3n) is 7.47. The quantitative estimate of drug-likeness (QED) is 0.233. The first-order chi connectivity index (χ1) is 20.6. The molecule has 4 heterocycles. The number of carboxylic acid groups (broad SMARTS) is 1. The average Bonchev–Trinajstić information content (AvgIpc) is 3.26.